The fraction of sp³-hybridized carbons (Fsp3) is 0.391. The van der Waals surface area contributed by atoms with Crippen molar-refractivity contribution >= 4 is 16.9 Å². The fourth-order valence-corrected chi connectivity index (χ4v) is 3.85. The van der Waals surface area contributed by atoms with Crippen LogP contribution >= 0.6 is 0 Å². The second-order valence-corrected chi connectivity index (χ2v) is 7.65. The summed E-state index contributed by atoms with van der Waals surface area (Å²) in [5.74, 6) is 0.969. The molecule has 2 aromatic carbocycles. The van der Waals surface area contributed by atoms with Crippen LogP contribution in [0.2, 0.25) is 0 Å². The van der Waals surface area contributed by atoms with Crippen LogP contribution in [0.15, 0.2) is 54.6 Å². The van der Waals surface area contributed by atoms with Gasteiger partial charge in [-0.1, -0.05) is 42.5 Å². The van der Waals surface area contributed by atoms with E-state index in [2.05, 4.69) is 26.0 Å². The molecule has 0 spiro atoms. The van der Waals surface area contributed by atoms with Gasteiger partial charge in [0.2, 0.25) is 5.91 Å². The summed E-state index contributed by atoms with van der Waals surface area (Å²) < 4.78 is 7.94. The van der Waals surface area contributed by atoms with E-state index >= 15 is 0 Å². The van der Waals surface area contributed by atoms with Crippen LogP contribution in [0, 0.1) is 0 Å². The van der Waals surface area contributed by atoms with Gasteiger partial charge in [-0.25, -0.2) is 4.98 Å². The lowest BCUT2D eigenvalue weighted by molar-refractivity contribution is -0.134. The molecule has 28 heavy (non-hydrogen) atoms. The second kappa shape index (κ2) is 8.15. The lowest BCUT2D eigenvalue weighted by Crippen LogP contribution is -2.38. The summed E-state index contributed by atoms with van der Waals surface area (Å²) in [5, 5.41) is 0. The zero-order valence-corrected chi connectivity index (χ0v) is 16.5. The summed E-state index contributed by atoms with van der Waals surface area (Å²) in [5.41, 5.74) is 3.05. The highest BCUT2D eigenvalue weighted by atomic mass is 16.5. The molecule has 5 nitrogen and oxygen atoms in total. The molecule has 1 fully saturated rings. The third kappa shape index (κ3) is 3.80. The quantitative estimate of drug-likeness (QED) is 0.643. The number of amides is 1. The number of aromatic nitrogens is 2. The van der Waals surface area contributed by atoms with Crippen molar-refractivity contribution in [1.29, 1.82) is 0 Å². The molecule has 0 saturated carbocycles. The lowest BCUT2D eigenvalue weighted by atomic mass is 10.2. The standard InChI is InChI=1S/C23H27N3O2/c1-17(2)25(15-18-9-4-3-5-10-18)22(27)16-26-20-12-7-6-11-19(20)24-23(26)21-13-8-14-28-21/h3-7,9-12,17,21H,8,13-16H2,1-2H3. The van der Waals surface area contributed by atoms with Crippen LogP contribution in [0.5, 0.6) is 0 Å². The van der Waals surface area contributed by atoms with Gasteiger partial charge in [0.1, 0.15) is 18.5 Å². The lowest BCUT2D eigenvalue weighted by Gasteiger charge is -2.28. The minimum atomic E-state index is -0.0261. The van der Waals surface area contributed by atoms with Crippen molar-refractivity contribution in [2.45, 2.75) is 51.9 Å². The zero-order chi connectivity index (χ0) is 19.5. The molecular weight excluding hydrogens is 350 g/mol. The Morgan fingerprint density at radius 2 is 1.93 bits per heavy atom. The first kappa shape index (κ1) is 18.7. The molecule has 0 radical (unpaired) electrons. The van der Waals surface area contributed by atoms with Gasteiger partial charge in [-0.2, -0.15) is 0 Å². The van der Waals surface area contributed by atoms with E-state index in [9.17, 15) is 4.79 Å². The Bertz CT molecular complexity index is 943. The minimum Gasteiger partial charge on any atom is -0.370 e. The van der Waals surface area contributed by atoms with Crippen LogP contribution in [0.1, 0.15) is 44.2 Å². The first-order valence-corrected chi connectivity index (χ1v) is 10.0. The molecule has 1 atom stereocenters. The zero-order valence-electron chi connectivity index (χ0n) is 16.5. The highest BCUT2D eigenvalue weighted by molar-refractivity contribution is 5.81. The van der Waals surface area contributed by atoms with Gasteiger partial charge in [0.15, 0.2) is 0 Å². The Balaban J connectivity index is 1.64. The largest absolute Gasteiger partial charge is 0.370 e. The Hall–Kier alpha value is -2.66. The van der Waals surface area contributed by atoms with Crippen molar-refractivity contribution in [1.82, 2.24) is 14.5 Å². The Kier molecular flexibility index (Phi) is 5.44. The van der Waals surface area contributed by atoms with Gasteiger partial charge in [-0.05, 0) is 44.4 Å². The van der Waals surface area contributed by atoms with Crippen LogP contribution in [-0.4, -0.2) is 33.0 Å². The normalized spacial score (nSPS) is 16.8. The molecule has 0 aliphatic carbocycles. The average Bonchev–Trinajstić information content (AvgIpc) is 3.35. The number of hydrogen-bond acceptors (Lipinski definition) is 3. The smallest absolute Gasteiger partial charge is 0.243 e. The number of carbonyl (C=O) groups excluding carboxylic acids is 1. The number of nitrogens with zero attached hydrogens (tertiary/aromatic N) is 3. The highest BCUT2D eigenvalue weighted by Crippen LogP contribution is 2.30. The molecule has 1 aliphatic heterocycles. The molecule has 4 rings (SSSR count). The summed E-state index contributed by atoms with van der Waals surface area (Å²) in [6, 6.07) is 18.3. The van der Waals surface area contributed by atoms with E-state index < -0.39 is 0 Å². The molecule has 2 heterocycles. The third-order valence-electron chi connectivity index (χ3n) is 5.33. The van der Waals surface area contributed by atoms with Crippen molar-refractivity contribution in [3.63, 3.8) is 0 Å². The topological polar surface area (TPSA) is 47.4 Å². The molecule has 0 N–H and O–H groups in total. The molecular formula is C23H27N3O2. The maximum atomic E-state index is 13.3. The van der Waals surface area contributed by atoms with Crippen LogP contribution in [0.4, 0.5) is 0 Å². The summed E-state index contributed by atoms with van der Waals surface area (Å²) in [6.45, 7) is 5.77. The van der Waals surface area contributed by atoms with Crippen molar-refractivity contribution in [3.8, 4) is 0 Å². The number of imidazole rings is 1. The van der Waals surface area contributed by atoms with Gasteiger partial charge >= 0.3 is 0 Å². The van der Waals surface area contributed by atoms with Crippen LogP contribution in [0.3, 0.4) is 0 Å². The van der Waals surface area contributed by atoms with E-state index in [-0.39, 0.29) is 24.6 Å². The van der Waals surface area contributed by atoms with Gasteiger partial charge in [-0.15, -0.1) is 0 Å². The van der Waals surface area contributed by atoms with Crippen molar-refractivity contribution < 1.29 is 9.53 Å². The van der Waals surface area contributed by atoms with Crippen LogP contribution in [-0.2, 0) is 22.6 Å². The molecule has 1 saturated heterocycles. The Morgan fingerprint density at radius 1 is 1.18 bits per heavy atom. The van der Waals surface area contributed by atoms with E-state index in [0.717, 1.165) is 41.9 Å². The number of carbonyl (C=O) groups is 1. The minimum absolute atomic E-state index is 0.0261. The maximum Gasteiger partial charge on any atom is 0.243 e. The van der Waals surface area contributed by atoms with Crippen LogP contribution < -0.4 is 0 Å². The number of para-hydroxylation sites is 2. The van der Waals surface area contributed by atoms with Crippen LogP contribution in [0.25, 0.3) is 11.0 Å². The van der Waals surface area contributed by atoms with Crippen molar-refractivity contribution in [2.75, 3.05) is 6.61 Å². The molecule has 5 heteroatoms. The molecule has 1 aromatic heterocycles. The third-order valence-corrected chi connectivity index (χ3v) is 5.33. The molecule has 0 bridgehead atoms. The van der Waals surface area contributed by atoms with Gasteiger partial charge in [-0.3, -0.25) is 4.79 Å². The Morgan fingerprint density at radius 3 is 2.64 bits per heavy atom. The SMILES string of the molecule is CC(C)N(Cc1ccccc1)C(=O)Cn1c(C2CCCO2)nc2ccccc21. The summed E-state index contributed by atoms with van der Waals surface area (Å²) in [6.07, 6.45) is 1.96. The monoisotopic (exact) mass is 377 g/mol. The Labute approximate surface area is 165 Å². The predicted octanol–water partition coefficient (Wildman–Crippen LogP) is 4.33. The van der Waals surface area contributed by atoms with E-state index in [1.54, 1.807) is 0 Å². The van der Waals surface area contributed by atoms with Gasteiger partial charge in [0.05, 0.1) is 11.0 Å². The molecule has 1 aliphatic rings. The average molecular weight is 377 g/mol. The first-order valence-electron chi connectivity index (χ1n) is 10.0. The summed E-state index contributed by atoms with van der Waals surface area (Å²) in [4.78, 5) is 20.0. The molecule has 146 valence electrons. The number of fused-ring (bicyclic) bond motifs is 1. The van der Waals surface area contributed by atoms with Gasteiger partial charge in [0, 0.05) is 19.2 Å². The molecule has 1 unspecified atom stereocenters. The number of ether oxygens (including phenoxy) is 1. The maximum absolute atomic E-state index is 13.3. The molecule has 3 aromatic rings. The highest BCUT2D eigenvalue weighted by Gasteiger charge is 2.27. The number of benzene rings is 2. The number of hydrogen-bond donors (Lipinski definition) is 0. The number of rotatable bonds is 6. The van der Waals surface area contributed by atoms with Crippen molar-refractivity contribution in [2.24, 2.45) is 0 Å². The van der Waals surface area contributed by atoms with E-state index in [0.29, 0.717) is 6.54 Å². The summed E-state index contributed by atoms with van der Waals surface area (Å²) in [7, 11) is 0. The van der Waals surface area contributed by atoms with E-state index in [4.69, 9.17) is 9.72 Å². The first-order chi connectivity index (χ1) is 13.6. The fourth-order valence-electron chi connectivity index (χ4n) is 3.85. The summed E-state index contributed by atoms with van der Waals surface area (Å²) >= 11 is 0. The van der Waals surface area contributed by atoms with Crippen molar-refractivity contribution in [3.05, 3.63) is 66.0 Å². The van der Waals surface area contributed by atoms with E-state index in [1.165, 1.54) is 0 Å². The molecule has 1 amide bonds. The van der Waals surface area contributed by atoms with Gasteiger partial charge in [0.25, 0.3) is 0 Å². The second-order valence-electron chi connectivity index (χ2n) is 7.65. The predicted molar refractivity (Wildman–Crippen MR) is 110 cm³/mol. The van der Waals surface area contributed by atoms with E-state index in [1.807, 2.05) is 51.9 Å². The van der Waals surface area contributed by atoms with Gasteiger partial charge < -0.3 is 14.2 Å².